The molecule has 0 radical (unpaired) electrons. The zero-order chi connectivity index (χ0) is 11.8. The average Bonchev–Trinajstić information content (AvgIpc) is 2.30. The molecule has 0 unspecified atom stereocenters. The molecule has 0 aliphatic heterocycles. The number of hydrogen-bond acceptors (Lipinski definition) is 3. The van der Waals surface area contributed by atoms with E-state index in [1.54, 1.807) is 0 Å². The molecular weight excluding hydrogens is 200 g/mol. The third-order valence-corrected chi connectivity index (χ3v) is 2.55. The van der Waals surface area contributed by atoms with Gasteiger partial charge in [-0.2, -0.15) is 0 Å². The van der Waals surface area contributed by atoms with E-state index >= 15 is 0 Å². The summed E-state index contributed by atoms with van der Waals surface area (Å²) in [5.41, 5.74) is 2.60. The number of hydrogen-bond donors (Lipinski definition) is 1. The molecule has 1 rings (SSSR count). The molecule has 0 atom stereocenters. The van der Waals surface area contributed by atoms with E-state index in [1.165, 1.54) is 11.3 Å². The molecule has 0 aliphatic carbocycles. The van der Waals surface area contributed by atoms with Crippen molar-refractivity contribution in [3.8, 4) is 0 Å². The maximum atomic E-state index is 5.37. The van der Waals surface area contributed by atoms with Crippen molar-refractivity contribution in [1.82, 2.24) is 5.32 Å². The fourth-order valence-electron chi connectivity index (χ4n) is 1.69. The highest BCUT2D eigenvalue weighted by Crippen LogP contribution is 2.18. The summed E-state index contributed by atoms with van der Waals surface area (Å²) in [5.74, 6) is 0. The predicted octanol–water partition coefficient (Wildman–Crippen LogP) is 1.88. The Bertz CT molecular complexity index is 302. The molecule has 0 heterocycles. The van der Waals surface area contributed by atoms with Gasteiger partial charge in [0.05, 0.1) is 6.61 Å². The fourth-order valence-corrected chi connectivity index (χ4v) is 1.69. The second-order valence-electron chi connectivity index (χ2n) is 3.78. The zero-order valence-corrected chi connectivity index (χ0v) is 10.5. The Morgan fingerprint density at radius 3 is 2.75 bits per heavy atom. The molecule has 0 saturated heterocycles. The second kappa shape index (κ2) is 7.25. The summed E-state index contributed by atoms with van der Waals surface area (Å²) in [4.78, 5) is 2.24. The lowest BCUT2D eigenvalue weighted by molar-refractivity contribution is 0.154. The van der Waals surface area contributed by atoms with Gasteiger partial charge < -0.3 is 15.0 Å². The van der Waals surface area contributed by atoms with Crippen molar-refractivity contribution in [3.63, 3.8) is 0 Å². The summed E-state index contributed by atoms with van der Waals surface area (Å²) >= 11 is 0. The number of ether oxygens (including phenoxy) is 1. The highest BCUT2D eigenvalue weighted by atomic mass is 16.5. The van der Waals surface area contributed by atoms with Crippen molar-refractivity contribution in [1.29, 1.82) is 0 Å². The molecule has 3 nitrogen and oxygen atoms in total. The number of anilines is 1. The number of nitrogens with zero attached hydrogens (tertiary/aromatic N) is 1. The van der Waals surface area contributed by atoms with Gasteiger partial charge in [0.25, 0.3) is 0 Å². The summed E-state index contributed by atoms with van der Waals surface area (Å²) in [6.07, 6.45) is 0. The van der Waals surface area contributed by atoms with E-state index in [9.17, 15) is 0 Å². The van der Waals surface area contributed by atoms with Crippen LogP contribution in [0.4, 0.5) is 5.69 Å². The summed E-state index contributed by atoms with van der Waals surface area (Å²) in [5, 5.41) is 3.19. The number of nitrogens with one attached hydrogen (secondary N) is 1. The van der Waals surface area contributed by atoms with Crippen molar-refractivity contribution < 1.29 is 4.74 Å². The van der Waals surface area contributed by atoms with Crippen molar-refractivity contribution in [3.05, 3.63) is 29.8 Å². The standard InChI is InChI=1S/C13H22N2O/c1-4-16-10-9-15(3)13-8-6-5-7-12(13)11-14-2/h5-8,14H,4,9-11H2,1-3H3. The Kier molecular flexibility index (Phi) is 5.90. The van der Waals surface area contributed by atoms with Gasteiger partial charge in [0, 0.05) is 32.4 Å². The minimum Gasteiger partial charge on any atom is -0.380 e. The van der Waals surface area contributed by atoms with Crippen LogP contribution in [-0.2, 0) is 11.3 Å². The van der Waals surface area contributed by atoms with Gasteiger partial charge in [-0.05, 0) is 25.6 Å². The van der Waals surface area contributed by atoms with Gasteiger partial charge in [-0.15, -0.1) is 0 Å². The van der Waals surface area contributed by atoms with Gasteiger partial charge in [0.2, 0.25) is 0 Å². The van der Waals surface area contributed by atoms with Crippen LogP contribution in [0.25, 0.3) is 0 Å². The maximum absolute atomic E-state index is 5.37. The Morgan fingerprint density at radius 1 is 1.31 bits per heavy atom. The van der Waals surface area contributed by atoms with E-state index in [2.05, 4.69) is 41.5 Å². The first kappa shape index (κ1) is 13.0. The lowest BCUT2D eigenvalue weighted by atomic mass is 10.1. The van der Waals surface area contributed by atoms with E-state index in [0.717, 1.165) is 26.3 Å². The van der Waals surface area contributed by atoms with Gasteiger partial charge >= 0.3 is 0 Å². The number of rotatable bonds is 7. The van der Waals surface area contributed by atoms with Gasteiger partial charge in [-0.25, -0.2) is 0 Å². The van der Waals surface area contributed by atoms with Crippen LogP contribution >= 0.6 is 0 Å². The monoisotopic (exact) mass is 222 g/mol. The highest BCUT2D eigenvalue weighted by molar-refractivity contribution is 5.52. The first-order valence-electron chi connectivity index (χ1n) is 5.81. The van der Waals surface area contributed by atoms with Crippen LogP contribution in [0.3, 0.4) is 0 Å². The van der Waals surface area contributed by atoms with E-state index in [1.807, 2.05) is 14.0 Å². The molecule has 1 N–H and O–H groups in total. The van der Waals surface area contributed by atoms with Gasteiger partial charge in [-0.1, -0.05) is 18.2 Å². The van der Waals surface area contributed by atoms with Gasteiger partial charge in [0.1, 0.15) is 0 Å². The Hall–Kier alpha value is -1.06. The number of likely N-dealkylation sites (N-methyl/N-ethyl adjacent to an activating group) is 1. The minimum atomic E-state index is 0.779. The average molecular weight is 222 g/mol. The minimum absolute atomic E-state index is 0.779. The van der Waals surface area contributed by atoms with Crippen LogP contribution in [0.1, 0.15) is 12.5 Å². The molecule has 3 heteroatoms. The molecule has 0 aliphatic rings. The molecule has 1 aromatic carbocycles. The van der Waals surface area contributed by atoms with Crippen LogP contribution in [0.15, 0.2) is 24.3 Å². The van der Waals surface area contributed by atoms with Crippen LogP contribution in [-0.4, -0.2) is 33.9 Å². The van der Waals surface area contributed by atoms with E-state index in [0.29, 0.717) is 0 Å². The van der Waals surface area contributed by atoms with E-state index < -0.39 is 0 Å². The summed E-state index contributed by atoms with van der Waals surface area (Å²) < 4.78 is 5.37. The zero-order valence-electron chi connectivity index (χ0n) is 10.5. The molecule has 16 heavy (non-hydrogen) atoms. The van der Waals surface area contributed by atoms with Crippen molar-refractivity contribution >= 4 is 5.69 Å². The maximum Gasteiger partial charge on any atom is 0.0641 e. The molecule has 0 fully saturated rings. The first-order chi connectivity index (χ1) is 7.79. The first-order valence-corrected chi connectivity index (χ1v) is 5.81. The third kappa shape index (κ3) is 3.83. The summed E-state index contributed by atoms with van der Waals surface area (Å²) in [6.45, 7) is 5.41. The smallest absolute Gasteiger partial charge is 0.0641 e. The quantitative estimate of drug-likeness (QED) is 0.713. The number of para-hydroxylation sites is 1. The van der Waals surface area contributed by atoms with E-state index in [-0.39, 0.29) is 0 Å². The largest absolute Gasteiger partial charge is 0.380 e. The topological polar surface area (TPSA) is 24.5 Å². The molecule has 0 aromatic heterocycles. The summed E-state index contributed by atoms with van der Waals surface area (Å²) in [7, 11) is 4.07. The van der Waals surface area contributed by atoms with Crippen LogP contribution in [0.5, 0.6) is 0 Å². The van der Waals surface area contributed by atoms with Crippen LogP contribution in [0, 0.1) is 0 Å². The Morgan fingerprint density at radius 2 is 2.06 bits per heavy atom. The molecule has 90 valence electrons. The van der Waals surface area contributed by atoms with Crippen LogP contribution < -0.4 is 10.2 Å². The van der Waals surface area contributed by atoms with E-state index in [4.69, 9.17) is 4.74 Å². The number of benzene rings is 1. The van der Waals surface area contributed by atoms with Crippen LogP contribution in [0.2, 0.25) is 0 Å². The summed E-state index contributed by atoms with van der Waals surface area (Å²) in [6, 6.07) is 8.46. The predicted molar refractivity (Wildman–Crippen MR) is 69.0 cm³/mol. The van der Waals surface area contributed by atoms with Gasteiger partial charge in [-0.3, -0.25) is 0 Å². The fraction of sp³-hybridized carbons (Fsp3) is 0.538. The lowest BCUT2D eigenvalue weighted by Gasteiger charge is -2.22. The molecule has 0 saturated carbocycles. The molecule has 0 bridgehead atoms. The molecule has 0 amide bonds. The van der Waals surface area contributed by atoms with Crippen molar-refractivity contribution in [2.45, 2.75) is 13.5 Å². The Balaban J connectivity index is 2.62. The molecule has 1 aromatic rings. The Labute approximate surface area is 98.4 Å². The normalized spacial score (nSPS) is 10.4. The van der Waals surface area contributed by atoms with Crippen molar-refractivity contribution in [2.24, 2.45) is 0 Å². The van der Waals surface area contributed by atoms with Gasteiger partial charge in [0.15, 0.2) is 0 Å². The molecular formula is C13H22N2O. The molecule has 0 spiro atoms. The highest BCUT2D eigenvalue weighted by Gasteiger charge is 2.05. The lowest BCUT2D eigenvalue weighted by Crippen LogP contribution is -2.24. The van der Waals surface area contributed by atoms with Crippen molar-refractivity contribution in [2.75, 3.05) is 38.8 Å². The SMILES string of the molecule is CCOCCN(C)c1ccccc1CNC. The third-order valence-electron chi connectivity index (χ3n) is 2.55. The second-order valence-corrected chi connectivity index (χ2v) is 3.78.